The Balaban J connectivity index is 1.52. The Morgan fingerprint density at radius 2 is 1.86 bits per heavy atom. The monoisotopic (exact) mass is 544 g/mol. The highest BCUT2D eigenvalue weighted by molar-refractivity contribution is 6.42. The van der Waals surface area contributed by atoms with Gasteiger partial charge in [0.15, 0.2) is 0 Å². The molecule has 0 bridgehead atoms. The van der Waals surface area contributed by atoms with Crippen molar-refractivity contribution in [3.63, 3.8) is 0 Å². The van der Waals surface area contributed by atoms with Gasteiger partial charge in [-0.3, -0.25) is 9.59 Å². The third kappa shape index (κ3) is 5.83. The Kier molecular flexibility index (Phi) is 8.54. The fourth-order valence-corrected chi connectivity index (χ4v) is 6.27. The van der Waals surface area contributed by atoms with E-state index in [-0.39, 0.29) is 23.3 Å². The summed E-state index contributed by atoms with van der Waals surface area (Å²) in [6, 6.07) is 14.1. The minimum absolute atomic E-state index is 0.0831. The molecule has 0 unspecified atom stereocenters. The molecule has 6 nitrogen and oxygen atoms in total. The quantitative estimate of drug-likeness (QED) is 0.510. The van der Waals surface area contributed by atoms with Crippen LogP contribution >= 0.6 is 23.2 Å². The molecule has 0 radical (unpaired) electrons. The maximum Gasteiger partial charge on any atom is 0.225 e. The molecule has 2 N–H and O–H groups in total. The van der Waals surface area contributed by atoms with Crippen molar-refractivity contribution in [2.75, 3.05) is 40.3 Å². The van der Waals surface area contributed by atoms with Crippen LogP contribution in [0.5, 0.6) is 0 Å². The first-order valence-electron chi connectivity index (χ1n) is 13.1. The number of fused-ring (bicyclic) bond motifs is 2. The van der Waals surface area contributed by atoms with Gasteiger partial charge in [-0.1, -0.05) is 67.4 Å². The number of amides is 2. The van der Waals surface area contributed by atoms with Crippen LogP contribution < -0.4 is 10.6 Å². The number of hydrogen-bond donors (Lipinski definition) is 2. The molecular formula is C29H38Cl2N4O2. The van der Waals surface area contributed by atoms with E-state index in [4.69, 9.17) is 23.2 Å². The summed E-state index contributed by atoms with van der Waals surface area (Å²) in [6.45, 7) is 6.97. The molecule has 0 aliphatic carbocycles. The molecule has 1 saturated heterocycles. The lowest BCUT2D eigenvalue weighted by Crippen LogP contribution is -2.57. The van der Waals surface area contributed by atoms with Crippen molar-refractivity contribution in [2.45, 2.75) is 50.6 Å². The second-order valence-corrected chi connectivity index (χ2v) is 11.7. The molecule has 1 fully saturated rings. The minimum Gasteiger partial charge on any atom is -0.346 e. The van der Waals surface area contributed by atoms with Crippen molar-refractivity contribution in [3.8, 4) is 0 Å². The molecule has 2 amide bonds. The summed E-state index contributed by atoms with van der Waals surface area (Å²) in [7, 11) is 3.80. The summed E-state index contributed by atoms with van der Waals surface area (Å²) in [4.78, 5) is 29.6. The lowest BCUT2D eigenvalue weighted by molar-refractivity contribution is -0.134. The Morgan fingerprint density at radius 3 is 2.51 bits per heavy atom. The van der Waals surface area contributed by atoms with Crippen LogP contribution in [0.1, 0.15) is 49.8 Å². The third-order valence-corrected chi connectivity index (χ3v) is 8.89. The Morgan fingerprint density at radius 1 is 1.16 bits per heavy atom. The van der Waals surface area contributed by atoms with Gasteiger partial charge < -0.3 is 20.4 Å². The molecule has 2 aromatic rings. The largest absolute Gasteiger partial charge is 0.346 e. The minimum atomic E-state index is -0.492. The molecule has 2 aliphatic rings. The molecule has 37 heavy (non-hydrogen) atoms. The number of piperidine rings is 1. The second kappa shape index (κ2) is 11.3. The highest BCUT2D eigenvalue weighted by Gasteiger charge is 2.42. The highest BCUT2D eigenvalue weighted by Crippen LogP contribution is 2.38. The van der Waals surface area contributed by atoms with Crippen molar-refractivity contribution in [1.29, 1.82) is 0 Å². The van der Waals surface area contributed by atoms with E-state index in [0.717, 1.165) is 50.0 Å². The van der Waals surface area contributed by atoms with Crippen LogP contribution in [0.25, 0.3) is 0 Å². The van der Waals surface area contributed by atoms with Gasteiger partial charge >= 0.3 is 0 Å². The number of carbonyl (C=O) groups is 2. The maximum atomic E-state index is 12.8. The fourth-order valence-electron chi connectivity index (χ4n) is 5.97. The Bertz CT molecular complexity index is 1150. The first-order valence-corrected chi connectivity index (χ1v) is 13.9. The Labute approximate surface area is 230 Å². The van der Waals surface area contributed by atoms with E-state index in [2.05, 4.69) is 33.7 Å². The van der Waals surface area contributed by atoms with Crippen LogP contribution in [0.4, 0.5) is 0 Å². The van der Waals surface area contributed by atoms with Gasteiger partial charge in [0.2, 0.25) is 11.8 Å². The first-order chi connectivity index (χ1) is 17.6. The van der Waals surface area contributed by atoms with E-state index in [9.17, 15) is 9.59 Å². The molecule has 0 aromatic heterocycles. The molecule has 2 aromatic carbocycles. The van der Waals surface area contributed by atoms with Gasteiger partial charge in [-0.05, 0) is 55.1 Å². The zero-order chi connectivity index (χ0) is 26.8. The summed E-state index contributed by atoms with van der Waals surface area (Å²) in [6.07, 6.45) is 2.99. The lowest BCUT2D eigenvalue weighted by Gasteiger charge is -2.46. The SMILES string of the molecule is CN[C@](CCN1CCC2(CC1)NC(=O)Cc1ccccc12)(CN(C)C(=O)C(C)C)c1ccc(Cl)c(Cl)c1. The van der Waals surface area contributed by atoms with Crippen LogP contribution in [0.2, 0.25) is 10.0 Å². The number of likely N-dealkylation sites (tertiary alicyclic amines) is 1. The van der Waals surface area contributed by atoms with E-state index in [1.165, 1.54) is 5.56 Å². The van der Waals surface area contributed by atoms with Crippen LogP contribution in [0.15, 0.2) is 42.5 Å². The number of halogens is 2. The van der Waals surface area contributed by atoms with Gasteiger partial charge in [0.05, 0.1) is 27.5 Å². The topological polar surface area (TPSA) is 64.7 Å². The number of rotatable bonds is 8. The van der Waals surface area contributed by atoms with Gasteiger partial charge in [0.1, 0.15) is 0 Å². The van der Waals surface area contributed by atoms with Crippen LogP contribution in [-0.4, -0.2) is 61.9 Å². The molecule has 0 saturated carbocycles. The van der Waals surface area contributed by atoms with Gasteiger partial charge in [0.25, 0.3) is 0 Å². The summed E-state index contributed by atoms with van der Waals surface area (Å²) in [5.74, 6) is 0.130. The summed E-state index contributed by atoms with van der Waals surface area (Å²) >= 11 is 12.7. The number of likely N-dealkylation sites (N-methyl/N-ethyl adjacent to an activating group) is 2. The summed E-state index contributed by atoms with van der Waals surface area (Å²) in [5.41, 5.74) is 2.65. The molecular weight excluding hydrogens is 507 g/mol. The van der Waals surface area contributed by atoms with Crippen molar-refractivity contribution < 1.29 is 9.59 Å². The average Bonchev–Trinajstić information content (AvgIpc) is 2.88. The average molecular weight is 546 g/mol. The molecule has 4 rings (SSSR count). The van der Waals surface area contributed by atoms with E-state index in [1.807, 2.05) is 57.1 Å². The molecule has 8 heteroatoms. The van der Waals surface area contributed by atoms with E-state index >= 15 is 0 Å². The van der Waals surface area contributed by atoms with Crippen LogP contribution in [-0.2, 0) is 27.1 Å². The van der Waals surface area contributed by atoms with Crippen molar-refractivity contribution in [3.05, 3.63) is 69.2 Å². The summed E-state index contributed by atoms with van der Waals surface area (Å²) < 4.78 is 0. The normalized spacial score (nSPS) is 18.8. The number of benzene rings is 2. The predicted octanol–water partition coefficient (Wildman–Crippen LogP) is 4.58. The molecule has 1 spiro atoms. The van der Waals surface area contributed by atoms with Gasteiger partial charge in [-0.2, -0.15) is 0 Å². The molecule has 2 aliphatic heterocycles. The highest BCUT2D eigenvalue weighted by atomic mass is 35.5. The van der Waals surface area contributed by atoms with Gasteiger partial charge in [-0.25, -0.2) is 0 Å². The van der Waals surface area contributed by atoms with Crippen LogP contribution in [0, 0.1) is 5.92 Å². The molecule has 200 valence electrons. The zero-order valence-electron chi connectivity index (χ0n) is 22.2. The van der Waals surface area contributed by atoms with Crippen molar-refractivity contribution in [2.24, 2.45) is 5.92 Å². The zero-order valence-corrected chi connectivity index (χ0v) is 23.8. The Hall–Kier alpha value is -2.12. The smallest absolute Gasteiger partial charge is 0.225 e. The summed E-state index contributed by atoms with van der Waals surface area (Å²) in [5, 5.41) is 7.88. The van der Waals surface area contributed by atoms with Crippen LogP contribution in [0.3, 0.4) is 0 Å². The lowest BCUT2D eigenvalue weighted by atomic mass is 9.75. The third-order valence-electron chi connectivity index (χ3n) is 8.16. The first kappa shape index (κ1) is 27.9. The number of nitrogens with one attached hydrogen (secondary N) is 2. The maximum absolute atomic E-state index is 12.8. The van der Waals surface area contributed by atoms with E-state index in [0.29, 0.717) is 23.0 Å². The molecule has 2 heterocycles. The van der Waals surface area contributed by atoms with Gasteiger partial charge in [-0.15, -0.1) is 0 Å². The van der Waals surface area contributed by atoms with E-state index < -0.39 is 5.54 Å². The van der Waals surface area contributed by atoms with E-state index in [1.54, 1.807) is 0 Å². The standard InChI is InChI=1S/C29H38Cl2N4O2/c1-20(2)27(37)34(4)19-29(32-3,22-9-10-24(30)25(31)18-22)13-16-35-14-11-28(12-15-35)23-8-6-5-7-21(23)17-26(36)33-28/h5-10,18,20,32H,11-17,19H2,1-4H3,(H,33,36)/t29-/m1/s1. The molecule has 1 atom stereocenters. The van der Waals surface area contributed by atoms with Crippen molar-refractivity contribution in [1.82, 2.24) is 20.4 Å². The second-order valence-electron chi connectivity index (χ2n) is 10.9. The van der Waals surface area contributed by atoms with Gasteiger partial charge in [0, 0.05) is 39.1 Å². The fraction of sp³-hybridized carbons (Fsp3) is 0.517. The number of hydrogen-bond acceptors (Lipinski definition) is 4. The van der Waals surface area contributed by atoms with Crippen molar-refractivity contribution >= 4 is 35.0 Å². The predicted molar refractivity (Wildman–Crippen MR) is 150 cm³/mol. The number of carbonyl (C=O) groups excluding carboxylic acids is 2. The number of nitrogens with zero attached hydrogens (tertiary/aromatic N) is 2.